The smallest absolute Gasteiger partial charge is 0.191 e. The molecule has 0 amide bonds. The Kier molecular flexibility index (Phi) is 7.57. The second-order valence-electron chi connectivity index (χ2n) is 7.49. The van der Waals surface area contributed by atoms with Crippen LogP contribution in [0.3, 0.4) is 0 Å². The van der Waals surface area contributed by atoms with Crippen LogP contribution in [0.2, 0.25) is 0 Å². The van der Waals surface area contributed by atoms with Crippen molar-refractivity contribution in [2.45, 2.75) is 45.2 Å². The number of rotatable bonds is 7. The van der Waals surface area contributed by atoms with Crippen molar-refractivity contribution in [2.75, 3.05) is 44.7 Å². The predicted octanol–water partition coefficient (Wildman–Crippen LogP) is 2.99. The summed E-state index contributed by atoms with van der Waals surface area (Å²) < 4.78 is 0. The summed E-state index contributed by atoms with van der Waals surface area (Å²) in [5.74, 6) is 0.883. The first kappa shape index (κ1) is 19.7. The molecular weight excluding hydrogens is 334 g/mol. The third kappa shape index (κ3) is 5.73. The highest BCUT2D eigenvalue weighted by molar-refractivity contribution is 5.79. The molecule has 3 rings (SSSR count). The van der Waals surface area contributed by atoms with Gasteiger partial charge in [0.05, 0.1) is 0 Å². The van der Waals surface area contributed by atoms with Gasteiger partial charge < -0.3 is 15.5 Å². The minimum atomic E-state index is 0.762. The maximum absolute atomic E-state index is 4.38. The Hall–Kier alpha value is -2.01. The lowest BCUT2D eigenvalue weighted by Crippen LogP contribution is -2.45. The molecule has 5 heteroatoms. The van der Waals surface area contributed by atoms with Crippen LogP contribution < -0.4 is 15.5 Å². The van der Waals surface area contributed by atoms with E-state index in [-0.39, 0.29) is 0 Å². The number of piperidine rings is 1. The van der Waals surface area contributed by atoms with Crippen molar-refractivity contribution < 1.29 is 0 Å². The molecule has 2 N–H and O–H groups in total. The molecule has 2 heterocycles. The predicted molar refractivity (Wildman–Crippen MR) is 115 cm³/mol. The van der Waals surface area contributed by atoms with Crippen LogP contribution in [0.5, 0.6) is 0 Å². The highest BCUT2D eigenvalue weighted by atomic mass is 15.2. The summed E-state index contributed by atoms with van der Waals surface area (Å²) in [6, 6.07) is 9.53. The van der Waals surface area contributed by atoms with Crippen molar-refractivity contribution >= 4 is 11.6 Å². The van der Waals surface area contributed by atoms with Crippen molar-refractivity contribution in [1.29, 1.82) is 0 Å². The molecular formula is C22H35N5. The SMILES string of the molecule is CCC1CCCCN1CCNC(=NC)NCc1cccc(N2CC=CC2)c1. The average Bonchev–Trinajstić information content (AvgIpc) is 3.26. The first-order chi connectivity index (χ1) is 13.3. The summed E-state index contributed by atoms with van der Waals surface area (Å²) in [6.07, 6.45) is 9.79. The fraction of sp³-hybridized carbons (Fsp3) is 0.591. The van der Waals surface area contributed by atoms with E-state index in [2.05, 4.69) is 68.8 Å². The number of anilines is 1. The van der Waals surface area contributed by atoms with E-state index in [9.17, 15) is 0 Å². The summed E-state index contributed by atoms with van der Waals surface area (Å²) in [5.41, 5.74) is 2.57. The van der Waals surface area contributed by atoms with Crippen LogP contribution in [-0.2, 0) is 6.54 Å². The molecule has 27 heavy (non-hydrogen) atoms. The van der Waals surface area contributed by atoms with Gasteiger partial charge in [-0.25, -0.2) is 0 Å². The van der Waals surface area contributed by atoms with Gasteiger partial charge in [0.25, 0.3) is 0 Å². The Morgan fingerprint density at radius 2 is 2.04 bits per heavy atom. The van der Waals surface area contributed by atoms with E-state index in [1.165, 1.54) is 43.5 Å². The number of guanidine groups is 1. The average molecular weight is 370 g/mol. The van der Waals surface area contributed by atoms with Crippen molar-refractivity contribution in [1.82, 2.24) is 15.5 Å². The van der Waals surface area contributed by atoms with E-state index in [0.29, 0.717) is 0 Å². The van der Waals surface area contributed by atoms with Gasteiger partial charge in [-0.15, -0.1) is 0 Å². The molecule has 1 aromatic rings. The maximum atomic E-state index is 4.38. The molecule has 148 valence electrons. The summed E-state index contributed by atoms with van der Waals surface area (Å²) in [5, 5.41) is 6.93. The van der Waals surface area contributed by atoms with Crippen LogP contribution in [0.1, 0.15) is 38.2 Å². The van der Waals surface area contributed by atoms with E-state index < -0.39 is 0 Å². The van der Waals surface area contributed by atoms with Crippen molar-refractivity contribution in [3.05, 3.63) is 42.0 Å². The van der Waals surface area contributed by atoms with Crippen molar-refractivity contribution in [3.8, 4) is 0 Å². The topological polar surface area (TPSA) is 42.9 Å². The van der Waals surface area contributed by atoms with Crippen LogP contribution in [-0.4, -0.2) is 56.7 Å². The van der Waals surface area contributed by atoms with Crippen LogP contribution in [0.4, 0.5) is 5.69 Å². The molecule has 0 spiro atoms. The molecule has 1 saturated heterocycles. The maximum Gasteiger partial charge on any atom is 0.191 e. The standard InChI is InChI=1S/C22H35N5/c1-3-20-10-4-5-13-27(20)16-12-24-22(23-2)25-18-19-9-8-11-21(17-19)26-14-6-7-15-26/h6-9,11,17,20H,3-5,10,12-16,18H2,1-2H3,(H2,23,24,25). The van der Waals surface area contributed by atoms with Gasteiger partial charge in [-0.3, -0.25) is 9.89 Å². The molecule has 1 unspecified atom stereocenters. The quantitative estimate of drug-likeness (QED) is 0.441. The Morgan fingerprint density at radius 3 is 2.81 bits per heavy atom. The molecule has 0 saturated carbocycles. The lowest BCUT2D eigenvalue weighted by atomic mass is 10.0. The van der Waals surface area contributed by atoms with Crippen molar-refractivity contribution in [3.63, 3.8) is 0 Å². The monoisotopic (exact) mass is 369 g/mol. The molecule has 0 bridgehead atoms. The number of likely N-dealkylation sites (tertiary alicyclic amines) is 1. The zero-order valence-corrected chi connectivity index (χ0v) is 17.0. The van der Waals surface area contributed by atoms with E-state index in [1.807, 2.05) is 7.05 Å². The summed E-state index contributed by atoms with van der Waals surface area (Å²) >= 11 is 0. The van der Waals surface area contributed by atoms with Gasteiger partial charge >= 0.3 is 0 Å². The van der Waals surface area contributed by atoms with Gasteiger partial charge in [-0.05, 0) is 43.5 Å². The van der Waals surface area contributed by atoms with Crippen LogP contribution >= 0.6 is 0 Å². The van der Waals surface area contributed by atoms with Crippen LogP contribution in [0, 0.1) is 0 Å². The normalized spacial score (nSPS) is 20.9. The fourth-order valence-electron chi connectivity index (χ4n) is 4.09. The molecule has 1 aromatic carbocycles. The zero-order chi connectivity index (χ0) is 18.9. The van der Waals surface area contributed by atoms with Gasteiger partial charge in [0, 0.05) is 51.5 Å². The fourth-order valence-corrected chi connectivity index (χ4v) is 4.09. The van der Waals surface area contributed by atoms with Crippen LogP contribution in [0.25, 0.3) is 0 Å². The van der Waals surface area contributed by atoms with E-state index in [4.69, 9.17) is 0 Å². The van der Waals surface area contributed by atoms with Gasteiger partial charge in [0.1, 0.15) is 0 Å². The minimum Gasteiger partial charge on any atom is -0.364 e. The second-order valence-corrected chi connectivity index (χ2v) is 7.49. The van der Waals surface area contributed by atoms with Gasteiger partial charge in [0.15, 0.2) is 5.96 Å². The summed E-state index contributed by atoms with van der Waals surface area (Å²) in [4.78, 5) is 9.39. The Morgan fingerprint density at radius 1 is 1.19 bits per heavy atom. The van der Waals surface area contributed by atoms with Gasteiger partial charge in [0.2, 0.25) is 0 Å². The minimum absolute atomic E-state index is 0.762. The second kappa shape index (κ2) is 10.4. The lowest BCUT2D eigenvalue weighted by Gasteiger charge is -2.35. The van der Waals surface area contributed by atoms with Gasteiger partial charge in [-0.1, -0.05) is 37.6 Å². The number of hydrogen-bond acceptors (Lipinski definition) is 3. The molecule has 2 aliphatic rings. The molecule has 0 aliphatic carbocycles. The summed E-state index contributed by atoms with van der Waals surface area (Å²) in [6.45, 7) is 8.39. The molecule has 2 aliphatic heterocycles. The molecule has 0 aromatic heterocycles. The van der Waals surface area contributed by atoms with Gasteiger partial charge in [-0.2, -0.15) is 0 Å². The van der Waals surface area contributed by atoms with E-state index >= 15 is 0 Å². The molecule has 1 fully saturated rings. The lowest BCUT2D eigenvalue weighted by molar-refractivity contribution is 0.147. The third-order valence-electron chi connectivity index (χ3n) is 5.69. The Balaban J connectivity index is 1.43. The summed E-state index contributed by atoms with van der Waals surface area (Å²) in [7, 11) is 1.84. The van der Waals surface area contributed by atoms with Crippen molar-refractivity contribution in [2.24, 2.45) is 4.99 Å². The third-order valence-corrected chi connectivity index (χ3v) is 5.69. The first-order valence-corrected chi connectivity index (χ1v) is 10.5. The highest BCUT2D eigenvalue weighted by Gasteiger charge is 2.19. The first-order valence-electron chi connectivity index (χ1n) is 10.5. The number of hydrogen-bond donors (Lipinski definition) is 2. The Labute approximate surface area is 164 Å². The van der Waals surface area contributed by atoms with E-state index in [1.54, 1.807) is 0 Å². The number of nitrogens with zero attached hydrogens (tertiary/aromatic N) is 3. The number of aliphatic imine (C=N–C) groups is 1. The number of benzene rings is 1. The number of nitrogens with one attached hydrogen (secondary N) is 2. The van der Waals surface area contributed by atoms with E-state index in [0.717, 1.165) is 44.7 Å². The largest absolute Gasteiger partial charge is 0.364 e. The molecule has 5 nitrogen and oxygen atoms in total. The zero-order valence-electron chi connectivity index (χ0n) is 17.0. The molecule has 1 atom stereocenters. The Bertz CT molecular complexity index is 631. The van der Waals surface area contributed by atoms with Crippen LogP contribution in [0.15, 0.2) is 41.4 Å². The highest BCUT2D eigenvalue weighted by Crippen LogP contribution is 2.19. The molecule has 0 radical (unpaired) electrons.